The maximum Gasteiger partial charge on any atom is 0.108 e. The quantitative estimate of drug-likeness (QED) is 0.742. The van der Waals surface area contributed by atoms with Crippen LogP contribution in [0, 0.1) is 6.92 Å². The van der Waals surface area contributed by atoms with Crippen molar-refractivity contribution in [2.24, 2.45) is 0 Å². The molecule has 0 saturated carbocycles. The van der Waals surface area contributed by atoms with Gasteiger partial charge in [0.1, 0.15) is 6.10 Å². The van der Waals surface area contributed by atoms with Crippen LogP contribution < -0.4 is 5.32 Å². The van der Waals surface area contributed by atoms with Crippen molar-refractivity contribution in [1.29, 1.82) is 0 Å². The molecule has 1 atom stereocenters. The highest BCUT2D eigenvalue weighted by atomic mass is 16.5. The van der Waals surface area contributed by atoms with Crippen LogP contribution in [0.1, 0.15) is 43.1 Å². The molecule has 0 heterocycles. The van der Waals surface area contributed by atoms with Crippen molar-refractivity contribution >= 4 is 0 Å². The second-order valence-electron chi connectivity index (χ2n) is 6.19. The molecule has 2 aromatic rings. The number of benzene rings is 2. The summed E-state index contributed by atoms with van der Waals surface area (Å²) in [6.45, 7) is 8.47. The van der Waals surface area contributed by atoms with E-state index in [1.165, 1.54) is 16.7 Å². The summed E-state index contributed by atoms with van der Waals surface area (Å²) in [4.78, 5) is 0. The third-order valence-electron chi connectivity index (χ3n) is 3.75. The maximum atomic E-state index is 6.22. The van der Waals surface area contributed by atoms with E-state index < -0.39 is 0 Å². The Kier molecular flexibility index (Phi) is 6.63. The Labute approximate surface area is 134 Å². The number of hydrogen-bond donors (Lipinski definition) is 1. The first-order valence-electron chi connectivity index (χ1n) is 8.23. The number of aryl methyl sites for hydroxylation is 1. The van der Waals surface area contributed by atoms with E-state index in [4.69, 9.17) is 4.74 Å². The van der Waals surface area contributed by atoms with Gasteiger partial charge in [-0.05, 0) is 31.9 Å². The average molecular weight is 298 g/mol. The summed E-state index contributed by atoms with van der Waals surface area (Å²) < 4.78 is 6.22. The molecule has 0 amide bonds. The van der Waals surface area contributed by atoms with Crippen LogP contribution in [0.4, 0.5) is 0 Å². The minimum absolute atomic E-state index is 0.0286. The minimum Gasteiger partial charge on any atom is -0.369 e. The molecule has 22 heavy (non-hydrogen) atoms. The third-order valence-corrected chi connectivity index (χ3v) is 3.75. The van der Waals surface area contributed by atoms with Crippen LogP contribution in [-0.2, 0) is 4.74 Å². The molecule has 0 unspecified atom stereocenters. The Hall–Kier alpha value is -1.64. The average Bonchev–Trinajstić information content (AvgIpc) is 2.53. The van der Waals surface area contributed by atoms with Crippen LogP contribution in [-0.4, -0.2) is 19.2 Å². The van der Waals surface area contributed by atoms with Crippen LogP contribution in [0.2, 0.25) is 0 Å². The van der Waals surface area contributed by atoms with Gasteiger partial charge in [-0.15, -0.1) is 0 Å². The third kappa shape index (κ3) is 5.28. The Balaban J connectivity index is 2.01. The molecule has 2 heteroatoms. The second-order valence-corrected chi connectivity index (χ2v) is 6.19. The lowest BCUT2D eigenvalue weighted by Gasteiger charge is -2.19. The van der Waals surface area contributed by atoms with Crippen LogP contribution in [0.15, 0.2) is 54.6 Å². The Bertz CT molecular complexity index is 533. The zero-order valence-corrected chi connectivity index (χ0v) is 14.0. The van der Waals surface area contributed by atoms with E-state index in [0.717, 1.165) is 19.6 Å². The van der Waals surface area contributed by atoms with Crippen LogP contribution >= 0.6 is 0 Å². The van der Waals surface area contributed by atoms with Crippen LogP contribution in [0.3, 0.4) is 0 Å². The maximum absolute atomic E-state index is 6.22. The summed E-state index contributed by atoms with van der Waals surface area (Å²) in [5, 5.41) is 2.35. The molecule has 0 aliphatic heterocycles. The summed E-state index contributed by atoms with van der Waals surface area (Å²) in [6.07, 6.45) is 1.11. The zero-order chi connectivity index (χ0) is 15.8. The van der Waals surface area contributed by atoms with Crippen LogP contribution in [0.25, 0.3) is 0 Å². The summed E-state index contributed by atoms with van der Waals surface area (Å²) in [5.41, 5.74) is 3.73. The molecule has 0 bridgehead atoms. The molecule has 0 aliphatic carbocycles. The summed E-state index contributed by atoms with van der Waals surface area (Å²) in [6, 6.07) is 19.8. The SMILES string of the molecule is Cc1ccc([C@H](OCCC[NH2+]C(C)C)c2ccccc2)cc1. The Morgan fingerprint density at radius 2 is 1.55 bits per heavy atom. The van der Waals surface area contributed by atoms with Crippen molar-refractivity contribution in [2.45, 2.75) is 39.3 Å². The van der Waals surface area contributed by atoms with Gasteiger partial charge >= 0.3 is 0 Å². The minimum atomic E-state index is 0.0286. The van der Waals surface area contributed by atoms with Crippen molar-refractivity contribution in [2.75, 3.05) is 13.2 Å². The fraction of sp³-hybridized carbons (Fsp3) is 0.400. The summed E-state index contributed by atoms with van der Waals surface area (Å²) in [7, 11) is 0. The second kappa shape index (κ2) is 8.72. The van der Waals surface area contributed by atoms with Gasteiger partial charge in [0, 0.05) is 6.42 Å². The van der Waals surface area contributed by atoms with Crippen molar-refractivity contribution in [3.05, 3.63) is 71.3 Å². The van der Waals surface area contributed by atoms with Crippen molar-refractivity contribution in [3.8, 4) is 0 Å². The molecule has 2 nitrogen and oxygen atoms in total. The van der Waals surface area contributed by atoms with E-state index in [0.29, 0.717) is 6.04 Å². The van der Waals surface area contributed by atoms with Crippen molar-refractivity contribution < 1.29 is 10.1 Å². The first-order valence-corrected chi connectivity index (χ1v) is 8.23. The van der Waals surface area contributed by atoms with Crippen LogP contribution in [0.5, 0.6) is 0 Å². The molecule has 0 aliphatic rings. The van der Waals surface area contributed by atoms with Gasteiger partial charge in [-0.3, -0.25) is 0 Å². The Morgan fingerprint density at radius 3 is 2.18 bits per heavy atom. The number of hydrogen-bond acceptors (Lipinski definition) is 1. The highest BCUT2D eigenvalue weighted by Crippen LogP contribution is 2.26. The van der Waals surface area contributed by atoms with E-state index in [2.05, 4.69) is 74.6 Å². The highest BCUT2D eigenvalue weighted by Gasteiger charge is 2.14. The van der Waals surface area contributed by atoms with E-state index >= 15 is 0 Å². The Morgan fingerprint density at radius 1 is 0.909 bits per heavy atom. The number of quaternary nitrogens is 1. The smallest absolute Gasteiger partial charge is 0.108 e. The molecule has 2 N–H and O–H groups in total. The topological polar surface area (TPSA) is 25.8 Å². The van der Waals surface area contributed by atoms with Gasteiger partial charge in [-0.25, -0.2) is 0 Å². The van der Waals surface area contributed by atoms with E-state index in [1.54, 1.807) is 0 Å². The predicted octanol–water partition coefficient (Wildman–Crippen LogP) is 3.46. The fourth-order valence-corrected chi connectivity index (χ4v) is 2.49. The predicted molar refractivity (Wildman–Crippen MR) is 92.0 cm³/mol. The molecule has 0 radical (unpaired) electrons. The van der Waals surface area contributed by atoms with Crippen molar-refractivity contribution in [1.82, 2.24) is 0 Å². The number of rotatable bonds is 8. The van der Waals surface area contributed by atoms with Gasteiger partial charge in [0.15, 0.2) is 0 Å². The normalized spacial score (nSPS) is 12.5. The van der Waals surface area contributed by atoms with E-state index in [-0.39, 0.29) is 6.10 Å². The first-order chi connectivity index (χ1) is 10.7. The van der Waals surface area contributed by atoms with Crippen molar-refractivity contribution in [3.63, 3.8) is 0 Å². The molecular weight excluding hydrogens is 270 g/mol. The number of ether oxygens (including phenoxy) is 1. The first kappa shape index (κ1) is 16.7. The number of nitrogens with two attached hydrogens (primary N) is 1. The van der Waals surface area contributed by atoms with E-state index in [9.17, 15) is 0 Å². The summed E-state index contributed by atoms with van der Waals surface area (Å²) in [5.74, 6) is 0. The molecule has 118 valence electrons. The zero-order valence-electron chi connectivity index (χ0n) is 14.0. The monoisotopic (exact) mass is 298 g/mol. The van der Waals surface area contributed by atoms with E-state index in [1.807, 2.05) is 6.07 Å². The van der Waals surface area contributed by atoms with Gasteiger partial charge in [-0.2, -0.15) is 0 Å². The molecule has 2 aromatic carbocycles. The fourth-order valence-electron chi connectivity index (χ4n) is 2.49. The van der Waals surface area contributed by atoms with Gasteiger partial charge in [0.2, 0.25) is 0 Å². The van der Waals surface area contributed by atoms with Gasteiger partial charge < -0.3 is 10.1 Å². The highest BCUT2D eigenvalue weighted by molar-refractivity contribution is 5.31. The lowest BCUT2D eigenvalue weighted by atomic mass is 10.0. The standard InChI is InChI=1S/C20H27NO/c1-16(2)21-14-7-15-22-20(18-8-5-4-6-9-18)19-12-10-17(3)11-13-19/h4-6,8-13,16,20-21H,7,14-15H2,1-3H3/p+1/t20-/m1/s1. The van der Waals surface area contributed by atoms with Gasteiger partial charge in [-0.1, -0.05) is 60.2 Å². The summed E-state index contributed by atoms with van der Waals surface area (Å²) >= 11 is 0. The molecular formula is C20H28NO+. The lowest BCUT2D eigenvalue weighted by molar-refractivity contribution is -0.683. The van der Waals surface area contributed by atoms with Gasteiger partial charge in [0.05, 0.1) is 19.2 Å². The molecule has 0 fully saturated rings. The molecule has 2 rings (SSSR count). The largest absolute Gasteiger partial charge is 0.369 e. The molecule has 0 spiro atoms. The molecule has 0 saturated heterocycles. The lowest BCUT2D eigenvalue weighted by Crippen LogP contribution is -2.88. The molecule has 0 aromatic heterocycles. The van der Waals surface area contributed by atoms with Gasteiger partial charge in [0.25, 0.3) is 0 Å².